The number of carbonyl (C=O) groups excluding carboxylic acids is 4. The number of halogens is 2. The van der Waals surface area contributed by atoms with Crippen molar-refractivity contribution in [2.45, 2.75) is 72.9 Å². The molecule has 2 aromatic carbocycles. The number of carboxylic acids is 1. The van der Waals surface area contributed by atoms with Gasteiger partial charge in [0.15, 0.2) is 0 Å². The lowest BCUT2D eigenvalue weighted by Gasteiger charge is -2.22. The Morgan fingerprint density at radius 3 is 1.84 bits per heavy atom. The Balaban J connectivity index is 0.00000189. The minimum absolute atomic E-state index is 0.0279. The SMILES string of the molecule is CC(C)C.CC(C)C(NC(=O)CN)C(=O)NCC(=O)NC(CC(=O)Nc1cc(Cl)cc(Cl)c1)Cc1ccccc1.CCC(=O)O. The van der Waals surface area contributed by atoms with Gasteiger partial charge in [0.05, 0.1) is 13.1 Å². The van der Waals surface area contributed by atoms with E-state index in [2.05, 4.69) is 42.0 Å². The van der Waals surface area contributed by atoms with Gasteiger partial charge in [-0.2, -0.15) is 0 Å². The fourth-order valence-electron chi connectivity index (χ4n) is 3.46. The van der Waals surface area contributed by atoms with Crippen molar-refractivity contribution >= 4 is 58.5 Å². The van der Waals surface area contributed by atoms with Crippen molar-refractivity contribution in [2.24, 2.45) is 17.6 Å². The second-order valence-corrected chi connectivity index (χ2v) is 11.9. The average molecular weight is 669 g/mol. The first-order valence-electron chi connectivity index (χ1n) is 14.7. The smallest absolute Gasteiger partial charge is 0.303 e. The van der Waals surface area contributed by atoms with Crippen molar-refractivity contribution in [3.8, 4) is 0 Å². The van der Waals surface area contributed by atoms with E-state index >= 15 is 0 Å². The van der Waals surface area contributed by atoms with Crippen LogP contribution in [0.15, 0.2) is 48.5 Å². The monoisotopic (exact) mass is 667 g/mol. The third-order valence-corrected chi connectivity index (χ3v) is 5.88. The largest absolute Gasteiger partial charge is 0.481 e. The second-order valence-electron chi connectivity index (χ2n) is 11.1. The van der Waals surface area contributed by atoms with Crippen LogP contribution in [0.25, 0.3) is 0 Å². The zero-order chi connectivity index (χ0) is 34.5. The quantitative estimate of drug-likeness (QED) is 0.183. The van der Waals surface area contributed by atoms with Crippen LogP contribution < -0.4 is 27.0 Å². The van der Waals surface area contributed by atoms with Crippen molar-refractivity contribution in [1.29, 1.82) is 0 Å². The summed E-state index contributed by atoms with van der Waals surface area (Å²) >= 11 is 12.0. The predicted molar refractivity (Wildman–Crippen MR) is 179 cm³/mol. The number of benzene rings is 2. The zero-order valence-electron chi connectivity index (χ0n) is 26.8. The molecule has 7 N–H and O–H groups in total. The molecule has 0 heterocycles. The summed E-state index contributed by atoms with van der Waals surface area (Å²) in [6, 6.07) is 12.7. The van der Waals surface area contributed by atoms with Crippen LogP contribution in [0.2, 0.25) is 10.0 Å². The Morgan fingerprint density at radius 1 is 0.844 bits per heavy atom. The number of nitrogens with one attached hydrogen (secondary N) is 4. The molecule has 0 aliphatic rings. The molecule has 0 saturated carbocycles. The number of carboxylic acid groups (broad SMARTS) is 1. The van der Waals surface area contributed by atoms with Gasteiger partial charge in [-0.05, 0) is 42.0 Å². The van der Waals surface area contributed by atoms with Crippen molar-refractivity contribution in [1.82, 2.24) is 16.0 Å². The second kappa shape index (κ2) is 22.8. The number of hydrogen-bond acceptors (Lipinski definition) is 6. The van der Waals surface area contributed by atoms with Crippen LogP contribution in [0.4, 0.5) is 5.69 Å². The molecule has 0 saturated heterocycles. The lowest BCUT2D eigenvalue weighted by atomic mass is 10.0. The van der Waals surface area contributed by atoms with Crippen LogP contribution in [0, 0.1) is 11.8 Å². The minimum Gasteiger partial charge on any atom is -0.481 e. The molecule has 0 spiro atoms. The molecule has 2 rings (SSSR count). The van der Waals surface area contributed by atoms with E-state index in [4.69, 9.17) is 34.0 Å². The molecule has 0 aliphatic heterocycles. The highest BCUT2D eigenvalue weighted by Crippen LogP contribution is 2.22. The van der Waals surface area contributed by atoms with Crippen molar-refractivity contribution in [3.05, 3.63) is 64.1 Å². The third-order valence-electron chi connectivity index (χ3n) is 5.44. The van der Waals surface area contributed by atoms with Gasteiger partial charge in [-0.3, -0.25) is 24.0 Å². The number of anilines is 1. The molecule has 2 unspecified atom stereocenters. The maximum absolute atomic E-state index is 12.7. The van der Waals surface area contributed by atoms with Gasteiger partial charge in [0, 0.05) is 34.6 Å². The summed E-state index contributed by atoms with van der Waals surface area (Å²) < 4.78 is 0. The van der Waals surface area contributed by atoms with Crippen LogP contribution in [0.1, 0.15) is 59.9 Å². The van der Waals surface area contributed by atoms with Crippen LogP contribution >= 0.6 is 23.2 Å². The summed E-state index contributed by atoms with van der Waals surface area (Å²) in [5.41, 5.74) is 6.67. The van der Waals surface area contributed by atoms with Gasteiger partial charge in [-0.1, -0.05) is 95.1 Å². The summed E-state index contributed by atoms with van der Waals surface area (Å²) in [6.07, 6.45) is 0.589. The average Bonchev–Trinajstić information content (AvgIpc) is 2.94. The fraction of sp³-hybridized carbons (Fsp3) is 0.469. The van der Waals surface area contributed by atoms with Crippen LogP contribution in [0.3, 0.4) is 0 Å². The highest BCUT2D eigenvalue weighted by atomic mass is 35.5. The van der Waals surface area contributed by atoms with Gasteiger partial charge in [-0.25, -0.2) is 0 Å². The van der Waals surface area contributed by atoms with Gasteiger partial charge in [-0.15, -0.1) is 0 Å². The molecule has 0 aromatic heterocycles. The first-order chi connectivity index (χ1) is 21.1. The number of aliphatic carboxylic acids is 1. The Bertz CT molecular complexity index is 1200. The first kappa shape index (κ1) is 41.3. The molecule has 45 heavy (non-hydrogen) atoms. The lowest BCUT2D eigenvalue weighted by Crippen LogP contribution is -2.53. The van der Waals surface area contributed by atoms with E-state index in [1.54, 1.807) is 39.0 Å². The predicted octanol–water partition coefficient (Wildman–Crippen LogP) is 4.41. The molecule has 2 atom stereocenters. The van der Waals surface area contributed by atoms with E-state index in [-0.39, 0.29) is 37.8 Å². The molecule has 4 amide bonds. The number of hydrogen-bond donors (Lipinski definition) is 6. The van der Waals surface area contributed by atoms with E-state index < -0.39 is 35.8 Å². The van der Waals surface area contributed by atoms with Gasteiger partial charge in [0.25, 0.3) is 0 Å². The molecule has 2 aromatic rings. The molecular formula is C32H47Cl2N5O6. The molecular weight excluding hydrogens is 621 g/mol. The summed E-state index contributed by atoms with van der Waals surface area (Å²) in [6.45, 7) is 11.1. The summed E-state index contributed by atoms with van der Waals surface area (Å²) in [5.74, 6) is -1.91. The lowest BCUT2D eigenvalue weighted by molar-refractivity contribution is -0.136. The number of amides is 4. The van der Waals surface area contributed by atoms with Crippen LogP contribution in [-0.4, -0.2) is 59.9 Å². The number of nitrogens with two attached hydrogens (primary N) is 1. The number of carbonyl (C=O) groups is 5. The van der Waals surface area contributed by atoms with E-state index in [9.17, 15) is 24.0 Å². The minimum atomic E-state index is -0.829. The van der Waals surface area contributed by atoms with Gasteiger partial charge in [0.1, 0.15) is 6.04 Å². The first-order valence-corrected chi connectivity index (χ1v) is 15.4. The van der Waals surface area contributed by atoms with Gasteiger partial charge in [0.2, 0.25) is 23.6 Å². The normalized spacial score (nSPS) is 11.5. The topological polar surface area (TPSA) is 180 Å². The summed E-state index contributed by atoms with van der Waals surface area (Å²) in [5, 5.41) is 19.1. The molecule has 0 bridgehead atoms. The van der Waals surface area contributed by atoms with E-state index in [0.717, 1.165) is 11.5 Å². The third kappa shape index (κ3) is 20.8. The van der Waals surface area contributed by atoms with E-state index in [1.807, 2.05) is 30.3 Å². The van der Waals surface area contributed by atoms with E-state index in [1.165, 1.54) is 0 Å². The van der Waals surface area contributed by atoms with Crippen molar-refractivity contribution in [3.63, 3.8) is 0 Å². The molecule has 250 valence electrons. The highest BCUT2D eigenvalue weighted by molar-refractivity contribution is 6.35. The molecule has 0 aliphatic carbocycles. The summed E-state index contributed by atoms with van der Waals surface area (Å²) in [4.78, 5) is 58.9. The van der Waals surface area contributed by atoms with Crippen LogP contribution in [-0.2, 0) is 30.4 Å². The number of rotatable bonds is 13. The van der Waals surface area contributed by atoms with Crippen LogP contribution in [0.5, 0.6) is 0 Å². The Kier molecular flexibility index (Phi) is 20.9. The fourth-order valence-corrected chi connectivity index (χ4v) is 3.98. The van der Waals surface area contributed by atoms with Gasteiger partial charge >= 0.3 is 5.97 Å². The van der Waals surface area contributed by atoms with Gasteiger partial charge < -0.3 is 32.1 Å². The molecule has 13 heteroatoms. The summed E-state index contributed by atoms with van der Waals surface area (Å²) in [7, 11) is 0. The maximum Gasteiger partial charge on any atom is 0.303 e. The molecule has 0 radical (unpaired) electrons. The highest BCUT2D eigenvalue weighted by Gasteiger charge is 2.25. The molecule has 0 fully saturated rings. The Labute approximate surface area is 276 Å². The zero-order valence-corrected chi connectivity index (χ0v) is 28.3. The Hall–Kier alpha value is -3.67. The standard InChI is InChI=1S/C25H31Cl2N5O4.C4H10.C3H6O2/c1-15(2)24(32-22(34)13-28)25(36)29-14-23(35)31-19(8-16-6-4-3-5-7-16)12-21(33)30-20-10-17(26)9-18(27)11-20;1-4(2)3;1-2-3(4)5/h3-7,9-11,15,19,24H,8,12-14,28H2,1-2H3,(H,29,36)(H,30,33)(H,31,35)(H,32,34);4H,1-3H3;2H2,1H3,(H,4,5). The molecule has 11 nitrogen and oxygen atoms in total. The Morgan fingerprint density at radius 2 is 1.38 bits per heavy atom. The maximum atomic E-state index is 12.7. The van der Waals surface area contributed by atoms with Crippen molar-refractivity contribution < 1.29 is 29.1 Å². The van der Waals surface area contributed by atoms with E-state index in [0.29, 0.717) is 22.2 Å². The van der Waals surface area contributed by atoms with Crippen molar-refractivity contribution in [2.75, 3.05) is 18.4 Å².